The first kappa shape index (κ1) is 23.4. The number of benzene rings is 2. The molecule has 0 spiro atoms. The Bertz CT molecular complexity index is 1160. The highest BCUT2D eigenvalue weighted by atomic mass is 32.1. The molecule has 0 saturated heterocycles. The predicted molar refractivity (Wildman–Crippen MR) is 128 cm³/mol. The van der Waals surface area contributed by atoms with Gasteiger partial charge in [-0.05, 0) is 35.6 Å². The Labute approximate surface area is 201 Å². The first-order valence-electron chi connectivity index (χ1n) is 10.9. The Morgan fingerprint density at radius 3 is 2.32 bits per heavy atom. The molecule has 1 unspecified atom stereocenters. The summed E-state index contributed by atoms with van der Waals surface area (Å²) < 4.78 is 5.51. The Morgan fingerprint density at radius 2 is 1.74 bits per heavy atom. The molecule has 1 atom stereocenters. The summed E-state index contributed by atoms with van der Waals surface area (Å²) in [4.78, 5) is 41.3. The minimum Gasteiger partial charge on any atom is -0.481 e. The topological polar surface area (TPSA) is 118 Å². The molecule has 1 aliphatic carbocycles. The Morgan fingerprint density at radius 1 is 1.09 bits per heavy atom. The Kier molecular flexibility index (Phi) is 7.22. The first-order chi connectivity index (χ1) is 16.4. The number of carboxylic acid groups (broad SMARTS) is 1. The average Bonchev–Trinajstić information content (AvgIpc) is 3.39. The number of nitrogens with one attached hydrogen (secondary N) is 2. The van der Waals surface area contributed by atoms with Crippen molar-refractivity contribution in [3.63, 3.8) is 0 Å². The van der Waals surface area contributed by atoms with Gasteiger partial charge in [0.05, 0.1) is 11.6 Å². The van der Waals surface area contributed by atoms with Crippen molar-refractivity contribution in [2.75, 3.05) is 6.61 Å². The highest BCUT2D eigenvalue weighted by Crippen LogP contribution is 2.44. The maximum atomic E-state index is 12.7. The lowest BCUT2D eigenvalue weighted by Crippen LogP contribution is -2.47. The lowest BCUT2D eigenvalue weighted by molar-refractivity contribution is -0.137. The molecular weight excluding hydrogens is 454 g/mol. The van der Waals surface area contributed by atoms with Crippen LogP contribution in [0.15, 0.2) is 54.7 Å². The van der Waals surface area contributed by atoms with E-state index < -0.39 is 24.0 Å². The number of amides is 2. The number of nitrogens with zero attached hydrogens (tertiary/aromatic N) is 1. The van der Waals surface area contributed by atoms with Crippen LogP contribution in [0.5, 0.6) is 0 Å². The van der Waals surface area contributed by atoms with Gasteiger partial charge in [-0.2, -0.15) is 0 Å². The summed E-state index contributed by atoms with van der Waals surface area (Å²) >= 11 is 1.45. The van der Waals surface area contributed by atoms with Crippen molar-refractivity contribution in [3.8, 4) is 11.1 Å². The van der Waals surface area contributed by atoms with Crippen LogP contribution in [0.4, 0.5) is 4.79 Å². The summed E-state index contributed by atoms with van der Waals surface area (Å²) in [5.41, 5.74) is 4.39. The number of hydrogen-bond acceptors (Lipinski definition) is 6. The van der Waals surface area contributed by atoms with Gasteiger partial charge in [0.1, 0.15) is 12.6 Å². The molecule has 2 amide bonds. The molecule has 2 aromatic carbocycles. The van der Waals surface area contributed by atoms with Crippen LogP contribution in [-0.2, 0) is 20.9 Å². The predicted octanol–water partition coefficient (Wildman–Crippen LogP) is 3.84. The molecule has 1 heterocycles. The Balaban J connectivity index is 1.38. The number of aliphatic carboxylic acids is 1. The summed E-state index contributed by atoms with van der Waals surface area (Å²) in [6.07, 6.45) is 0.598. The van der Waals surface area contributed by atoms with E-state index in [0.717, 1.165) is 32.1 Å². The number of thiazole rings is 1. The fraction of sp³-hybridized carbons (Fsp3) is 0.280. The first-order valence-corrected chi connectivity index (χ1v) is 11.8. The summed E-state index contributed by atoms with van der Waals surface area (Å²) in [5.74, 6) is -1.63. The van der Waals surface area contributed by atoms with Crippen molar-refractivity contribution in [3.05, 3.63) is 75.7 Å². The summed E-state index contributed by atoms with van der Waals surface area (Å²) in [6, 6.07) is 15.0. The number of fused-ring (bicyclic) bond motifs is 3. The molecule has 1 aliphatic rings. The molecule has 1 aromatic heterocycles. The highest BCUT2D eigenvalue weighted by molar-refractivity contribution is 7.11. The molecule has 34 heavy (non-hydrogen) atoms. The van der Waals surface area contributed by atoms with Gasteiger partial charge in [0.2, 0.25) is 5.91 Å². The Hall–Kier alpha value is -3.72. The SMILES string of the molecule is Cc1ncc(CNC(=O)C(CCC(=O)O)NC(=O)OCC2c3ccccc3-c3ccccc32)s1. The van der Waals surface area contributed by atoms with Crippen LogP contribution in [0.3, 0.4) is 0 Å². The molecule has 0 radical (unpaired) electrons. The summed E-state index contributed by atoms with van der Waals surface area (Å²) in [5, 5.41) is 15.2. The monoisotopic (exact) mass is 479 g/mol. The molecule has 176 valence electrons. The van der Waals surface area contributed by atoms with Crippen molar-refractivity contribution in [2.24, 2.45) is 0 Å². The lowest BCUT2D eigenvalue weighted by Gasteiger charge is -2.19. The van der Waals surface area contributed by atoms with Gasteiger partial charge in [-0.1, -0.05) is 48.5 Å². The van der Waals surface area contributed by atoms with E-state index in [-0.39, 0.29) is 31.9 Å². The molecule has 8 nitrogen and oxygen atoms in total. The van der Waals surface area contributed by atoms with Gasteiger partial charge in [-0.3, -0.25) is 9.59 Å². The minimum absolute atomic E-state index is 0.0485. The van der Waals surface area contributed by atoms with Gasteiger partial charge in [-0.25, -0.2) is 9.78 Å². The normalized spacial score (nSPS) is 13.0. The zero-order chi connectivity index (χ0) is 24.1. The van der Waals surface area contributed by atoms with E-state index in [4.69, 9.17) is 9.84 Å². The van der Waals surface area contributed by atoms with Gasteiger partial charge in [0, 0.05) is 23.4 Å². The van der Waals surface area contributed by atoms with Crippen LogP contribution in [-0.4, -0.2) is 40.7 Å². The van der Waals surface area contributed by atoms with Gasteiger partial charge in [-0.15, -0.1) is 11.3 Å². The van der Waals surface area contributed by atoms with Crippen LogP contribution in [0, 0.1) is 6.92 Å². The molecule has 0 saturated carbocycles. The number of ether oxygens (including phenoxy) is 1. The van der Waals surface area contributed by atoms with Crippen molar-refractivity contribution < 1.29 is 24.2 Å². The third-order valence-corrected chi connectivity index (χ3v) is 6.62. The molecule has 9 heteroatoms. The molecule has 3 N–H and O–H groups in total. The maximum Gasteiger partial charge on any atom is 0.407 e. The van der Waals surface area contributed by atoms with E-state index in [0.29, 0.717) is 0 Å². The largest absolute Gasteiger partial charge is 0.481 e. The number of carbonyl (C=O) groups excluding carboxylic acids is 2. The second-order valence-electron chi connectivity index (χ2n) is 8.02. The van der Waals surface area contributed by atoms with E-state index >= 15 is 0 Å². The van der Waals surface area contributed by atoms with Crippen LogP contribution < -0.4 is 10.6 Å². The number of carboxylic acids is 1. The second kappa shape index (κ2) is 10.5. The van der Waals surface area contributed by atoms with Gasteiger partial charge < -0.3 is 20.5 Å². The van der Waals surface area contributed by atoms with E-state index in [1.165, 1.54) is 11.3 Å². The fourth-order valence-corrected chi connectivity index (χ4v) is 4.84. The third-order valence-electron chi connectivity index (χ3n) is 5.71. The third kappa shape index (κ3) is 5.43. The van der Waals surface area contributed by atoms with Gasteiger partial charge >= 0.3 is 12.1 Å². The van der Waals surface area contributed by atoms with Crippen molar-refractivity contribution in [1.82, 2.24) is 15.6 Å². The fourth-order valence-electron chi connectivity index (χ4n) is 4.10. The van der Waals surface area contributed by atoms with Gasteiger partial charge in [0.25, 0.3) is 0 Å². The van der Waals surface area contributed by atoms with E-state index in [1.54, 1.807) is 6.20 Å². The van der Waals surface area contributed by atoms with Crippen LogP contribution in [0.1, 0.15) is 39.8 Å². The average molecular weight is 480 g/mol. The van der Waals surface area contributed by atoms with E-state index in [1.807, 2.05) is 55.5 Å². The molecular formula is C25H25N3O5S. The minimum atomic E-state index is -1.05. The van der Waals surface area contributed by atoms with Crippen LogP contribution in [0.25, 0.3) is 11.1 Å². The van der Waals surface area contributed by atoms with E-state index in [2.05, 4.69) is 15.6 Å². The molecule has 0 fully saturated rings. The molecule has 3 aromatic rings. The quantitative estimate of drug-likeness (QED) is 0.429. The number of hydrogen-bond donors (Lipinski definition) is 3. The summed E-state index contributed by atoms with van der Waals surface area (Å²) in [6.45, 7) is 2.22. The van der Waals surface area contributed by atoms with Crippen LogP contribution >= 0.6 is 11.3 Å². The molecule has 0 aliphatic heterocycles. The van der Waals surface area contributed by atoms with Gasteiger partial charge in [0.15, 0.2) is 0 Å². The van der Waals surface area contributed by atoms with Crippen molar-refractivity contribution in [2.45, 2.75) is 38.3 Å². The number of rotatable bonds is 9. The summed E-state index contributed by atoms with van der Waals surface area (Å²) in [7, 11) is 0. The number of aryl methyl sites for hydroxylation is 1. The zero-order valence-electron chi connectivity index (χ0n) is 18.6. The number of aromatic nitrogens is 1. The molecule has 0 bridgehead atoms. The lowest BCUT2D eigenvalue weighted by atomic mass is 9.98. The maximum absolute atomic E-state index is 12.7. The standard InChI is InChI=1S/C25H25N3O5S/c1-15-26-12-16(34-15)13-27-24(31)22(10-11-23(29)30)28-25(32)33-14-21-19-8-4-2-6-17(19)18-7-3-5-9-20(18)21/h2-9,12,21-22H,10-11,13-14H2,1H3,(H,27,31)(H,28,32)(H,29,30). The zero-order valence-corrected chi connectivity index (χ0v) is 19.4. The second-order valence-corrected chi connectivity index (χ2v) is 9.34. The smallest absolute Gasteiger partial charge is 0.407 e. The number of alkyl carbamates (subject to hydrolysis) is 1. The van der Waals surface area contributed by atoms with E-state index in [9.17, 15) is 14.4 Å². The number of carbonyl (C=O) groups is 3. The molecule has 4 rings (SSSR count). The van der Waals surface area contributed by atoms with Crippen molar-refractivity contribution in [1.29, 1.82) is 0 Å². The highest BCUT2D eigenvalue weighted by Gasteiger charge is 2.30. The van der Waals surface area contributed by atoms with Crippen LogP contribution in [0.2, 0.25) is 0 Å². The van der Waals surface area contributed by atoms with Crippen molar-refractivity contribution >= 4 is 29.3 Å².